The lowest BCUT2D eigenvalue weighted by Gasteiger charge is -2.26. The lowest BCUT2D eigenvalue weighted by atomic mass is 10.1. The highest BCUT2D eigenvalue weighted by molar-refractivity contribution is 7.93. The molecule has 0 radical (unpaired) electrons. The van der Waals surface area contributed by atoms with Crippen LogP contribution in [0.25, 0.3) is 0 Å². The summed E-state index contributed by atoms with van der Waals surface area (Å²) in [4.78, 5) is 13.0. The van der Waals surface area contributed by atoms with E-state index in [4.69, 9.17) is 9.47 Å². The minimum atomic E-state index is -4.27. The maximum absolute atomic E-state index is 13.6. The van der Waals surface area contributed by atoms with Crippen molar-refractivity contribution < 1.29 is 35.5 Å². The number of amides is 1. The van der Waals surface area contributed by atoms with Crippen LogP contribution in [-0.4, -0.2) is 48.8 Å². The molecular formula is C25H25FN2O7S2. The molecule has 0 fully saturated rings. The van der Waals surface area contributed by atoms with Crippen LogP contribution >= 0.6 is 0 Å². The summed E-state index contributed by atoms with van der Waals surface area (Å²) < 4.78 is 76.0. The first-order valence-electron chi connectivity index (χ1n) is 11.2. The second-order valence-corrected chi connectivity index (χ2v) is 12.3. The molecule has 196 valence electrons. The van der Waals surface area contributed by atoms with Crippen LogP contribution in [0.4, 0.5) is 10.1 Å². The molecule has 0 unspecified atom stereocenters. The highest BCUT2D eigenvalue weighted by Crippen LogP contribution is 2.34. The second kappa shape index (κ2) is 10.4. The maximum atomic E-state index is 13.6. The standard InChI is InChI=1S/C25H25FN2O7S2/c1-17(18-3-9-21(10-4-18)36(2,30)31)27-25(29)16-28(20-7-5-19(26)6-8-20)37(32,33)22-11-12-23-24(15-22)35-14-13-34-23/h3-12,15,17H,13-14,16H2,1-2H3,(H,27,29)/t17-/m0/s1. The van der Waals surface area contributed by atoms with E-state index in [1.165, 1.54) is 42.5 Å². The number of fused-ring (bicyclic) bond motifs is 1. The smallest absolute Gasteiger partial charge is 0.264 e. The van der Waals surface area contributed by atoms with Gasteiger partial charge in [0, 0.05) is 12.3 Å². The van der Waals surface area contributed by atoms with Crippen LogP contribution in [0.15, 0.2) is 76.5 Å². The summed E-state index contributed by atoms with van der Waals surface area (Å²) in [6, 6.07) is 14.4. The fraction of sp³-hybridized carbons (Fsp3) is 0.240. The quantitative estimate of drug-likeness (QED) is 0.460. The summed E-state index contributed by atoms with van der Waals surface area (Å²) in [5, 5.41) is 2.73. The van der Waals surface area contributed by atoms with Crippen molar-refractivity contribution in [2.75, 3.05) is 30.3 Å². The van der Waals surface area contributed by atoms with E-state index in [0.29, 0.717) is 17.9 Å². The Morgan fingerprint density at radius 3 is 2.14 bits per heavy atom. The molecule has 4 rings (SSSR count). The summed E-state index contributed by atoms with van der Waals surface area (Å²) in [5.41, 5.74) is 0.723. The third-order valence-corrected chi connectivity index (χ3v) is 8.59. The van der Waals surface area contributed by atoms with E-state index < -0.39 is 44.2 Å². The van der Waals surface area contributed by atoms with Crippen molar-refractivity contribution >= 4 is 31.5 Å². The number of halogens is 1. The Labute approximate surface area is 214 Å². The third kappa shape index (κ3) is 6.03. The number of carbonyl (C=O) groups is 1. The largest absolute Gasteiger partial charge is 0.486 e. The van der Waals surface area contributed by atoms with Gasteiger partial charge in [0.1, 0.15) is 25.6 Å². The van der Waals surface area contributed by atoms with Gasteiger partial charge in [-0.3, -0.25) is 9.10 Å². The SMILES string of the molecule is C[C@H](NC(=O)CN(c1ccc(F)cc1)S(=O)(=O)c1ccc2c(c1)OCCO2)c1ccc(S(C)(=O)=O)cc1. The number of ether oxygens (including phenoxy) is 2. The summed E-state index contributed by atoms with van der Waals surface area (Å²) in [5.74, 6) is -0.504. The van der Waals surface area contributed by atoms with Crippen LogP contribution in [0.2, 0.25) is 0 Å². The molecule has 0 aliphatic carbocycles. The summed E-state index contributed by atoms with van der Waals surface area (Å²) >= 11 is 0. The molecule has 0 aromatic heterocycles. The average Bonchev–Trinajstić information content (AvgIpc) is 2.87. The molecule has 1 heterocycles. The maximum Gasteiger partial charge on any atom is 0.264 e. The number of nitrogens with one attached hydrogen (secondary N) is 1. The first kappa shape index (κ1) is 26.4. The molecule has 0 bridgehead atoms. The highest BCUT2D eigenvalue weighted by atomic mass is 32.2. The molecule has 12 heteroatoms. The van der Waals surface area contributed by atoms with Gasteiger partial charge in [-0.25, -0.2) is 21.2 Å². The van der Waals surface area contributed by atoms with Crippen LogP contribution in [-0.2, 0) is 24.7 Å². The third-order valence-electron chi connectivity index (χ3n) is 5.69. The molecule has 0 saturated carbocycles. The van der Waals surface area contributed by atoms with Crippen LogP contribution in [0.1, 0.15) is 18.5 Å². The lowest BCUT2D eigenvalue weighted by Crippen LogP contribution is -2.41. The second-order valence-electron chi connectivity index (χ2n) is 8.42. The van der Waals surface area contributed by atoms with Crippen LogP contribution in [0, 0.1) is 5.82 Å². The number of sulfone groups is 1. The number of anilines is 1. The molecule has 0 spiro atoms. The first-order valence-corrected chi connectivity index (χ1v) is 14.6. The molecule has 1 aliphatic heterocycles. The van der Waals surface area contributed by atoms with Gasteiger partial charge in [-0.1, -0.05) is 12.1 Å². The van der Waals surface area contributed by atoms with E-state index in [2.05, 4.69) is 5.32 Å². The van der Waals surface area contributed by atoms with Gasteiger partial charge in [-0.05, 0) is 61.0 Å². The van der Waals surface area contributed by atoms with Crippen LogP contribution < -0.4 is 19.1 Å². The van der Waals surface area contributed by atoms with Gasteiger partial charge in [0.2, 0.25) is 5.91 Å². The molecule has 3 aromatic carbocycles. The minimum absolute atomic E-state index is 0.0941. The van der Waals surface area contributed by atoms with Crippen molar-refractivity contribution in [3.63, 3.8) is 0 Å². The van der Waals surface area contributed by atoms with Crippen LogP contribution in [0.3, 0.4) is 0 Å². The van der Waals surface area contributed by atoms with Crippen LogP contribution in [0.5, 0.6) is 11.5 Å². The van der Waals surface area contributed by atoms with Crippen molar-refractivity contribution in [1.82, 2.24) is 5.32 Å². The number of nitrogens with zero attached hydrogens (tertiary/aromatic N) is 1. The Kier molecular flexibility index (Phi) is 7.42. The molecule has 37 heavy (non-hydrogen) atoms. The molecule has 9 nitrogen and oxygen atoms in total. The van der Waals surface area contributed by atoms with E-state index in [1.54, 1.807) is 19.1 Å². The molecule has 1 aliphatic rings. The Morgan fingerprint density at radius 2 is 1.51 bits per heavy atom. The molecule has 3 aromatic rings. The average molecular weight is 549 g/mol. The Hall–Kier alpha value is -3.64. The predicted octanol–water partition coefficient (Wildman–Crippen LogP) is 3.07. The molecular weight excluding hydrogens is 523 g/mol. The number of carbonyl (C=O) groups excluding carboxylic acids is 1. The van der Waals surface area contributed by atoms with Gasteiger partial charge in [-0.15, -0.1) is 0 Å². The Balaban J connectivity index is 1.59. The van der Waals surface area contributed by atoms with Gasteiger partial charge in [0.05, 0.1) is 21.5 Å². The molecule has 1 atom stereocenters. The van der Waals surface area contributed by atoms with Crippen molar-refractivity contribution in [1.29, 1.82) is 0 Å². The first-order chi connectivity index (χ1) is 17.4. The number of benzene rings is 3. The van der Waals surface area contributed by atoms with Gasteiger partial charge in [0.25, 0.3) is 10.0 Å². The zero-order chi connectivity index (χ0) is 26.8. The van der Waals surface area contributed by atoms with Crippen molar-refractivity contribution in [2.24, 2.45) is 0 Å². The van der Waals surface area contributed by atoms with E-state index in [1.807, 2.05) is 0 Å². The highest BCUT2D eigenvalue weighted by Gasteiger charge is 2.29. The number of hydrogen-bond donors (Lipinski definition) is 1. The zero-order valence-electron chi connectivity index (χ0n) is 20.0. The lowest BCUT2D eigenvalue weighted by molar-refractivity contribution is -0.120. The van der Waals surface area contributed by atoms with E-state index in [9.17, 15) is 26.0 Å². The van der Waals surface area contributed by atoms with Crippen molar-refractivity contribution in [3.8, 4) is 11.5 Å². The summed E-state index contributed by atoms with van der Waals surface area (Å²) in [7, 11) is -7.64. The fourth-order valence-electron chi connectivity index (χ4n) is 3.74. The Morgan fingerprint density at radius 1 is 0.919 bits per heavy atom. The molecule has 0 saturated heterocycles. The summed E-state index contributed by atoms with van der Waals surface area (Å²) in [6.45, 7) is 1.71. The minimum Gasteiger partial charge on any atom is -0.486 e. The fourth-order valence-corrected chi connectivity index (χ4v) is 5.81. The zero-order valence-corrected chi connectivity index (χ0v) is 21.7. The molecule has 1 N–H and O–H groups in total. The number of sulfonamides is 1. The number of hydrogen-bond acceptors (Lipinski definition) is 7. The van der Waals surface area contributed by atoms with Gasteiger partial charge in [0.15, 0.2) is 21.3 Å². The summed E-state index contributed by atoms with van der Waals surface area (Å²) in [6.07, 6.45) is 1.10. The normalized spacial score (nSPS) is 14.0. The monoisotopic (exact) mass is 548 g/mol. The van der Waals surface area contributed by atoms with Crippen molar-refractivity contribution in [2.45, 2.75) is 22.8 Å². The van der Waals surface area contributed by atoms with Gasteiger partial charge < -0.3 is 14.8 Å². The molecule has 1 amide bonds. The number of rotatable bonds is 8. The van der Waals surface area contributed by atoms with Crippen molar-refractivity contribution in [3.05, 3.63) is 78.1 Å². The van der Waals surface area contributed by atoms with E-state index >= 15 is 0 Å². The predicted molar refractivity (Wildman–Crippen MR) is 134 cm³/mol. The van der Waals surface area contributed by atoms with E-state index in [0.717, 1.165) is 22.7 Å². The van der Waals surface area contributed by atoms with Gasteiger partial charge in [-0.2, -0.15) is 0 Å². The van der Waals surface area contributed by atoms with E-state index in [-0.39, 0.29) is 27.8 Å². The topological polar surface area (TPSA) is 119 Å². The van der Waals surface area contributed by atoms with Gasteiger partial charge >= 0.3 is 0 Å². The Bertz CT molecular complexity index is 1510.